The summed E-state index contributed by atoms with van der Waals surface area (Å²) in [6.07, 6.45) is 0.484. The second kappa shape index (κ2) is 7.42. The van der Waals surface area contributed by atoms with Gasteiger partial charge < -0.3 is 10.6 Å². The molecule has 1 aliphatic rings. The molecule has 0 bridgehead atoms. The Kier molecular flexibility index (Phi) is 5.07. The molecule has 0 radical (unpaired) electrons. The lowest BCUT2D eigenvalue weighted by Gasteiger charge is -2.07. The van der Waals surface area contributed by atoms with Crippen LogP contribution in [0.2, 0.25) is 0 Å². The van der Waals surface area contributed by atoms with Crippen LogP contribution in [0.1, 0.15) is 17.5 Å². The van der Waals surface area contributed by atoms with Crippen LogP contribution in [0.15, 0.2) is 48.5 Å². The van der Waals surface area contributed by atoms with Crippen LogP contribution in [0.25, 0.3) is 0 Å². The molecule has 0 spiro atoms. The number of benzene rings is 2. The minimum atomic E-state index is -0.375. The van der Waals surface area contributed by atoms with Crippen LogP contribution in [0.3, 0.4) is 0 Å². The summed E-state index contributed by atoms with van der Waals surface area (Å²) >= 11 is 0. The maximum Gasteiger partial charge on any atom is 0.224 e. The highest BCUT2D eigenvalue weighted by molar-refractivity contribution is 5.92. The molecular weight excluding hydrogens is 326 g/mol. The second-order valence-corrected chi connectivity index (χ2v) is 6.10. The van der Waals surface area contributed by atoms with Gasteiger partial charge in [-0.1, -0.05) is 30.3 Å². The SMILES string of the molecule is O=C(NCc1ccc(F)cc1)C1CC1C(=O)NCc1ccccc1F. The number of halogens is 2. The zero-order valence-electron chi connectivity index (χ0n) is 13.5. The summed E-state index contributed by atoms with van der Waals surface area (Å²) in [6, 6.07) is 12.1. The summed E-state index contributed by atoms with van der Waals surface area (Å²) in [6.45, 7) is 0.394. The van der Waals surface area contributed by atoms with Crippen molar-refractivity contribution in [2.24, 2.45) is 11.8 Å². The molecule has 2 aromatic rings. The summed E-state index contributed by atoms with van der Waals surface area (Å²) in [5.74, 6) is -1.88. The van der Waals surface area contributed by atoms with Crippen molar-refractivity contribution in [3.8, 4) is 0 Å². The highest BCUT2D eigenvalue weighted by Crippen LogP contribution is 2.38. The van der Waals surface area contributed by atoms with Gasteiger partial charge in [0.15, 0.2) is 0 Å². The molecule has 0 aromatic heterocycles. The molecule has 25 heavy (non-hydrogen) atoms. The minimum Gasteiger partial charge on any atom is -0.352 e. The number of nitrogens with one attached hydrogen (secondary N) is 2. The zero-order chi connectivity index (χ0) is 17.8. The molecule has 2 atom stereocenters. The Morgan fingerprint density at radius 3 is 2.12 bits per heavy atom. The van der Waals surface area contributed by atoms with Crippen molar-refractivity contribution in [2.45, 2.75) is 19.5 Å². The maximum atomic E-state index is 13.5. The van der Waals surface area contributed by atoms with Gasteiger partial charge >= 0.3 is 0 Å². The van der Waals surface area contributed by atoms with Gasteiger partial charge in [-0.2, -0.15) is 0 Å². The predicted molar refractivity (Wildman–Crippen MR) is 88.1 cm³/mol. The van der Waals surface area contributed by atoms with Crippen molar-refractivity contribution in [2.75, 3.05) is 0 Å². The summed E-state index contributed by atoms with van der Waals surface area (Å²) in [5.41, 5.74) is 1.20. The highest BCUT2D eigenvalue weighted by atomic mass is 19.1. The molecule has 130 valence electrons. The lowest BCUT2D eigenvalue weighted by molar-refractivity contribution is -0.127. The van der Waals surface area contributed by atoms with Crippen molar-refractivity contribution >= 4 is 11.8 Å². The Bertz CT molecular complexity index is 777. The molecule has 2 N–H and O–H groups in total. The zero-order valence-corrected chi connectivity index (χ0v) is 13.5. The Hall–Kier alpha value is -2.76. The number of amides is 2. The monoisotopic (exact) mass is 344 g/mol. The number of hydrogen-bond acceptors (Lipinski definition) is 2. The molecule has 2 amide bonds. The minimum absolute atomic E-state index is 0.103. The van der Waals surface area contributed by atoms with Gasteiger partial charge in [0.2, 0.25) is 11.8 Å². The molecule has 0 heterocycles. The normalized spacial score (nSPS) is 18.5. The van der Waals surface area contributed by atoms with Crippen molar-refractivity contribution in [3.05, 3.63) is 71.3 Å². The van der Waals surface area contributed by atoms with E-state index in [4.69, 9.17) is 0 Å². The third-order valence-electron chi connectivity index (χ3n) is 4.25. The highest BCUT2D eigenvalue weighted by Gasteiger charge is 2.47. The van der Waals surface area contributed by atoms with Crippen LogP contribution in [-0.4, -0.2) is 11.8 Å². The Balaban J connectivity index is 1.43. The van der Waals surface area contributed by atoms with Gasteiger partial charge in [-0.3, -0.25) is 9.59 Å². The molecule has 1 fully saturated rings. The summed E-state index contributed by atoms with van der Waals surface area (Å²) in [7, 11) is 0. The first-order valence-corrected chi connectivity index (χ1v) is 8.08. The van der Waals surface area contributed by atoms with Gasteiger partial charge in [-0.05, 0) is 30.2 Å². The standard InChI is InChI=1S/C19H18F2N2O2/c20-14-7-5-12(6-8-14)10-22-18(24)15-9-16(15)19(25)23-11-13-3-1-2-4-17(13)21/h1-8,15-16H,9-11H2,(H,22,24)(H,23,25). The van der Waals surface area contributed by atoms with E-state index in [-0.39, 0.29) is 41.8 Å². The molecule has 2 unspecified atom stereocenters. The van der Waals surface area contributed by atoms with Crippen LogP contribution in [-0.2, 0) is 22.7 Å². The molecule has 4 nitrogen and oxygen atoms in total. The topological polar surface area (TPSA) is 58.2 Å². The van der Waals surface area contributed by atoms with Gasteiger partial charge in [0, 0.05) is 18.7 Å². The fourth-order valence-electron chi connectivity index (χ4n) is 2.65. The first kappa shape index (κ1) is 17.1. The van der Waals surface area contributed by atoms with Gasteiger partial charge in [0.25, 0.3) is 0 Å². The first-order chi connectivity index (χ1) is 12.0. The van der Waals surface area contributed by atoms with Crippen LogP contribution >= 0.6 is 0 Å². The third kappa shape index (κ3) is 4.41. The molecule has 1 saturated carbocycles. The van der Waals surface area contributed by atoms with E-state index < -0.39 is 0 Å². The Morgan fingerprint density at radius 2 is 1.48 bits per heavy atom. The van der Waals surface area contributed by atoms with E-state index in [0.29, 0.717) is 18.5 Å². The molecule has 2 aromatic carbocycles. The second-order valence-electron chi connectivity index (χ2n) is 6.10. The van der Waals surface area contributed by atoms with Crippen molar-refractivity contribution in [1.29, 1.82) is 0 Å². The van der Waals surface area contributed by atoms with Crippen molar-refractivity contribution < 1.29 is 18.4 Å². The smallest absolute Gasteiger partial charge is 0.224 e. The van der Waals surface area contributed by atoms with E-state index in [9.17, 15) is 18.4 Å². The van der Waals surface area contributed by atoms with Gasteiger partial charge in [-0.25, -0.2) is 8.78 Å². The predicted octanol–water partition coefficient (Wildman–Crippen LogP) is 2.53. The van der Waals surface area contributed by atoms with Crippen LogP contribution in [0, 0.1) is 23.5 Å². The summed E-state index contributed by atoms with van der Waals surface area (Å²) < 4.78 is 26.3. The van der Waals surface area contributed by atoms with E-state index in [2.05, 4.69) is 10.6 Å². The molecule has 3 rings (SSSR count). The molecule has 6 heteroatoms. The molecule has 0 saturated heterocycles. The quantitative estimate of drug-likeness (QED) is 0.846. The van der Waals surface area contributed by atoms with Gasteiger partial charge in [0.05, 0.1) is 11.8 Å². The Labute approximate surface area is 144 Å². The summed E-state index contributed by atoms with van der Waals surface area (Å²) in [5, 5.41) is 5.41. The number of carbonyl (C=O) groups excluding carboxylic acids is 2. The average molecular weight is 344 g/mol. The third-order valence-corrected chi connectivity index (χ3v) is 4.25. The fraction of sp³-hybridized carbons (Fsp3) is 0.263. The summed E-state index contributed by atoms with van der Waals surface area (Å²) in [4.78, 5) is 24.1. The van der Waals surface area contributed by atoms with Crippen molar-refractivity contribution in [1.82, 2.24) is 10.6 Å². The lowest BCUT2D eigenvalue weighted by Crippen LogP contribution is -2.29. The molecule has 0 aliphatic heterocycles. The van der Waals surface area contributed by atoms with Gasteiger partial charge in [0.1, 0.15) is 11.6 Å². The molecule has 1 aliphatic carbocycles. The van der Waals surface area contributed by atoms with E-state index in [1.165, 1.54) is 18.2 Å². The number of hydrogen-bond donors (Lipinski definition) is 2. The van der Waals surface area contributed by atoms with E-state index >= 15 is 0 Å². The maximum absolute atomic E-state index is 13.5. The number of rotatable bonds is 6. The first-order valence-electron chi connectivity index (χ1n) is 8.08. The van der Waals surface area contributed by atoms with Gasteiger partial charge in [-0.15, -0.1) is 0 Å². The van der Waals surface area contributed by atoms with E-state index in [1.54, 1.807) is 30.3 Å². The van der Waals surface area contributed by atoms with E-state index in [1.807, 2.05) is 0 Å². The average Bonchev–Trinajstić information content (AvgIpc) is 3.41. The fourth-order valence-corrected chi connectivity index (χ4v) is 2.65. The van der Waals surface area contributed by atoms with Crippen LogP contribution in [0.5, 0.6) is 0 Å². The lowest BCUT2D eigenvalue weighted by atomic mass is 10.2. The van der Waals surface area contributed by atoms with Crippen LogP contribution in [0.4, 0.5) is 8.78 Å². The van der Waals surface area contributed by atoms with Crippen LogP contribution < -0.4 is 10.6 Å². The number of carbonyl (C=O) groups is 2. The molecular formula is C19H18F2N2O2. The van der Waals surface area contributed by atoms with E-state index in [0.717, 1.165) is 5.56 Å². The Morgan fingerprint density at radius 1 is 0.880 bits per heavy atom. The largest absolute Gasteiger partial charge is 0.352 e. The van der Waals surface area contributed by atoms with Crippen molar-refractivity contribution in [3.63, 3.8) is 0 Å².